The lowest BCUT2D eigenvalue weighted by atomic mass is 9.98. The van der Waals surface area contributed by atoms with E-state index in [1.807, 2.05) is 12.1 Å². The maximum Gasteiger partial charge on any atom is 0.243 e. The van der Waals surface area contributed by atoms with E-state index in [1.165, 1.54) is 11.1 Å². The van der Waals surface area contributed by atoms with Gasteiger partial charge in [0.15, 0.2) is 0 Å². The van der Waals surface area contributed by atoms with Gasteiger partial charge in [-0.05, 0) is 48.1 Å². The van der Waals surface area contributed by atoms with Crippen LogP contribution in [0.3, 0.4) is 0 Å². The van der Waals surface area contributed by atoms with Crippen LogP contribution in [-0.4, -0.2) is 43.3 Å². The standard InChI is InChI=1S/C21H26N2O2S/c1-2-17-7-9-21(10-8-17)26(24,25)23-14-12-20(16-23)22-13-11-18-5-3-4-6-19(18)15-22/h3-10,20H,2,11-16H2,1H3. The Morgan fingerprint density at radius 3 is 2.46 bits per heavy atom. The fourth-order valence-corrected chi connectivity index (χ4v) is 5.59. The van der Waals surface area contributed by atoms with Crippen LogP contribution in [0.25, 0.3) is 0 Å². The highest BCUT2D eigenvalue weighted by Crippen LogP contribution is 2.27. The van der Waals surface area contributed by atoms with Crippen LogP contribution in [0.2, 0.25) is 0 Å². The second kappa shape index (κ2) is 7.14. The number of hydrogen-bond donors (Lipinski definition) is 0. The molecule has 138 valence electrons. The normalized spacial score (nSPS) is 21.7. The Morgan fingerprint density at radius 1 is 1.00 bits per heavy atom. The smallest absolute Gasteiger partial charge is 0.243 e. The van der Waals surface area contributed by atoms with Gasteiger partial charge in [0.2, 0.25) is 10.0 Å². The first-order chi connectivity index (χ1) is 12.6. The van der Waals surface area contributed by atoms with Crippen molar-refractivity contribution in [1.82, 2.24) is 9.21 Å². The van der Waals surface area contributed by atoms with E-state index >= 15 is 0 Å². The Bertz CT molecular complexity index is 877. The molecule has 0 aromatic heterocycles. The predicted molar refractivity (Wildman–Crippen MR) is 104 cm³/mol. The largest absolute Gasteiger partial charge is 0.294 e. The average molecular weight is 371 g/mol. The number of benzene rings is 2. The molecule has 2 aromatic carbocycles. The van der Waals surface area contributed by atoms with Crippen LogP contribution in [0.15, 0.2) is 53.4 Å². The molecule has 0 radical (unpaired) electrons. The zero-order chi connectivity index (χ0) is 18.1. The minimum Gasteiger partial charge on any atom is -0.294 e. The van der Waals surface area contributed by atoms with Crippen molar-refractivity contribution in [1.29, 1.82) is 0 Å². The van der Waals surface area contributed by atoms with Gasteiger partial charge in [0.05, 0.1) is 4.90 Å². The molecule has 0 bridgehead atoms. The Kier molecular flexibility index (Phi) is 4.86. The van der Waals surface area contributed by atoms with Crippen LogP contribution in [-0.2, 0) is 29.4 Å². The van der Waals surface area contributed by atoms with E-state index in [0.717, 1.165) is 37.9 Å². The molecule has 5 heteroatoms. The number of hydrogen-bond acceptors (Lipinski definition) is 3. The maximum absolute atomic E-state index is 13.0. The monoisotopic (exact) mass is 370 g/mol. The van der Waals surface area contributed by atoms with Gasteiger partial charge in [0.25, 0.3) is 0 Å². The van der Waals surface area contributed by atoms with Gasteiger partial charge in [-0.1, -0.05) is 43.3 Å². The first-order valence-electron chi connectivity index (χ1n) is 9.48. The third-order valence-corrected chi connectivity index (χ3v) is 7.65. The first kappa shape index (κ1) is 17.7. The summed E-state index contributed by atoms with van der Waals surface area (Å²) in [6.45, 7) is 5.23. The molecule has 0 amide bonds. The third kappa shape index (κ3) is 3.31. The van der Waals surface area contributed by atoms with Crippen molar-refractivity contribution >= 4 is 10.0 Å². The van der Waals surface area contributed by atoms with Gasteiger partial charge in [0.1, 0.15) is 0 Å². The van der Waals surface area contributed by atoms with Crippen LogP contribution in [0, 0.1) is 0 Å². The van der Waals surface area contributed by atoms with E-state index < -0.39 is 10.0 Å². The summed E-state index contributed by atoms with van der Waals surface area (Å²) in [6, 6.07) is 16.2. The van der Waals surface area contributed by atoms with Crippen molar-refractivity contribution in [2.24, 2.45) is 0 Å². The Hall–Kier alpha value is -1.69. The van der Waals surface area contributed by atoms with Crippen LogP contribution in [0.5, 0.6) is 0 Å². The van der Waals surface area contributed by atoms with Gasteiger partial charge in [0, 0.05) is 32.2 Å². The Labute approximate surface area is 156 Å². The van der Waals surface area contributed by atoms with E-state index in [9.17, 15) is 8.42 Å². The van der Waals surface area contributed by atoms with Crippen molar-refractivity contribution in [2.75, 3.05) is 19.6 Å². The van der Waals surface area contributed by atoms with E-state index in [-0.39, 0.29) is 0 Å². The number of fused-ring (bicyclic) bond motifs is 1. The molecule has 1 unspecified atom stereocenters. The molecule has 4 nitrogen and oxygen atoms in total. The highest BCUT2D eigenvalue weighted by Gasteiger charge is 2.36. The van der Waals surface area contributed by atoms with Crippen molar-refractivity contribution < 1.29 is 8.42 Å². The summed E-state index contributed by atoms with van der Waals surface area (Å²) in [5, 5.41) is 0. The zero-order valence-corrected chi connectivity index (χ0v) is 16.1. The molecule has 0 aliphatic carbocycles. The summed E-state index contributed by atoms with van der Waals surface area (Å²) in [4.78, 5) is 2.87. The second-order valence-corrected chi connectivity index (χ2v) is 9.23. The number of aryl methyl sites for hydroxylation is 1. The number of nitrogens with zero attached hydrogens (tertiary/aromatic N) is 2. The highest BCUT2D eigenvalue weighted by molar-refractivity contribution is 7.89. The lowest BCUT2D eigenvalue weighted by Gasteiger charge is -2.33. The molecule has 2 aromatic rings. The van der Waals surface area contributed by atoms with Gasteiger partial charge in [-0.2, -0.15) is 4.31 Å². The molecule has 1 saturated heterocycles. The molecular formula is C21H26N2O2S. The molecule has 1 atom stereocenters. The summed E-state index contributed by atoms with van der Waals surface area (Å²) in [6.07, 6.45) is 2.88. The highest BCUT2D eigenvalue weighted by atomic mass is 32.2. The van der Waals surface area contributed by atoms with Gasteiger partial charge >= 0.3 is 0 Å². The van der Waals surface area contributed by atoms with Crippen molar-refractivity contribution in [3.8, 4) is 0 Å². The van der Waals surface area contributed by atoms with Crippen LogP contribution in [0.1, 0.15) is 30.0 Å². The predicted octanol–water partition coefficient (Wildman–Crippen LogP) is 3.07. The lowest BCUT2D eigenvalue weighted by Crippen LogP contribution is -2.41. The van der Waals surface area contributed by atoms with Gasteiger partial charge in [-0.3, -0.25) is 4.90 Å². The number of rotatable bonds is 4. The number of sulfonamides is 1. The Morgan fingerprint density at radius 2 is 1.73 bits per heavy atom. The quantitative estimate of drug-likeness (QED) is 0.830. The summed E-state index contributed by atoms with van der Waals surface area (Å²) in [5.41, 5.74) is 3.98. The van der Waals surface area contributed by atoms with E-state index in [1.54, 1.807) is 16.4 Å². The maximum atomic E-state index is 13.0. The first-order valence-corrected chi connectivity index (χ1v) is 10.9. The minimum absolute atomic E-state index is 0.313. The SMILES string of the molecule is CCc1ccc(S(=O)(=O)N2CCC(N3CCc4ccccc4C3)C2)cc1. The third-order valence-electron chi connectivity index (χ3n) is 5.77. The summed E-state index contributed by atoms with van der Waals surface area (Å²) >= 11 is 0. The van der Waals surface area contributed by atoms with Crippen LogP contribution < -0.4 is 0 Å². The molecule has 26 heavy (non-hydrogen) atoms. The molecule has 2 aliphatic rings. The molecule has 0 saturated carbocycles. The zero-order valence-electron chi connectivity index (χ0n) is 15.3. The molecular weight excluding hydrogens is 344 g/mol. The summed E-state index contributed by atoms with van der Waals surface area (Å²) < 4.78 is 27.6. The van der Waals surface area contributed by atoms with E-state index in [0.29, 0.717) is 24.0 Å². The molecule has 1 fully saturated rings. The van der Waals surface area contributed by atoms with Gasteiger partial charge < -0.3 is 0 Å². The average Bonchev–Trinajstić information content (AvgIpc) is 3.19. The lowest BCUT2D eigenvalue weighted by molar-refractivity contribution is 0.185. The van der Waals surface area contributed by atoms with Crippen molar-refractivity contribution in [3.05, 3.63) is 65.2 Å². The molecule has 2 heterocycles. The Balaban J connectivity index is 1.46. The minimum atomic E-state index is -3.39. The fraction of sp³-hybridized carbons (Fsp3) is 0.429. The van der Waals surface area contributed by atoms with Crippen molar-refractivity contribution in [3.63, 3.8) is 0 Å². The van der Waals surface area contributed by atoms with Gasteiger partial charge in [-0.25, -0.2) is 8.42 Å². The van der Waals surface area contributed by atoms with E-state index in [2.05, 4.69) is 36.1 Å². The summed E-state index contributed by atoms with van der Waals surface area (Å²) in [5.74, 6) is 0. The summed E-state index contributed by atoms with van der Waals surface area (Å²) in [7, 11) is -3.39. The second-order valence-electron chi connectivity index (χ2n) is 7.29. The molecule has 0 N–H and O–H groups in total. The van der Waals surface area contributed by atoms with Crippen LogP contribution >= 0.6 is 0 Å². The molecule has 4 rings (SSSR count). The van der Waals surface area contributed by atoms with Crippen LogP contribution in [0.4, 0.5) is 0 Å². The van der Waals surface area contributed by atoms with Crippen molar-refractivity contribution in [2.45, 2.75) is 43.7 Å². The molecule has 2 aliphatic heterocycles. The molecule has 0 spiro atoms. The fourth-order valence-electron chi connectivity index (χ4n) is 4.10. The topological polar surface area (TPSA) is 40.6 Å². The van der Waals surface area contributed by atoms with Gasteiger partial charge in [-0.15, -0.1) is 0 Å². The van der Waals surface area contributed by atoms with E-state index in [4.69, 9.17) is 0 Å².